The Bertz CT molecular complexity index is 647. The van der Waals surface area contributed by atoms with Crippen molar-refractivity contribution in [2.45, 2.75) is 64.7 Å². The molecule has 3 nitrogen and oxygen atoms in total. The molecule has 0 aromatic heterocycles. The maximum atomic E-state index is 11.4. The first kappa shape index (κ1) is 19.4. The molecule has 1 aromatic rings. The lowest BCUT2D eigenvalue weighted by Crippen LogP contribution is -2.30. The van der Waals surface area contributed by atoms with Crippen molar-refractivity contribution in [3.05, 3.63) is 42.5 Å². The Labute approximate surface area is 152 Å². The van der Waals surface area contributed by atoms with Crippen molar-refractivity contribution in [3.8, 4) is 0 Å². The Kier molecular flexibility index (Phi) is 6.98. The monoisotopic (exact) mass is 342 g/mol. The molecule has 0 bridgehead atoms. The third-order valence-electron chi connectivity index (χ3n) is 5.41. The van der Waals surface area contributed by atoms with Gasteiger partial charge in [0.05, 0.1) is 12.0 Å². The van der Waals surface area contributed by atoms with Gasteiger partial charge in [0.2, 0.25) is 5.69 Å². The van der Waals surface area contributed by atoms with Crippen molar-refractivity contribution in [2.75, 3.05) is 13.2 Å². The van der Waals surface area contributed by atoms with Crippen LogP contribution in [0.25, 0.3) is 0 Å². The third-order valence-corrected chi connectivity index (χ3v) is 5.41. The molecule has 0 N–H and O–H groups in total. The normalized spacial score (nSPS) is 19.0. The number of benzene rings is 1. The number of rotatable bonds is 10. The summed E-state index contributed by atoms with van der Waals surface area (Å²) < 4.78 is 7.45. The molecule has 0 spiro atoms. The predicted octanol–water partition coefficient (Wildman–Crippen LogP) is 5.15. The number of carbonyl (C=O) groups is 1. The van der Waals surface area contributed by atoms with E-state index in [-0.39, 0.29) is 11.4 Å². The summed E-state index contributed by atoms with van der Waals surface area (Å²) in [5.41, 5.74) is 4.29. The lowest BCUT2D eigenvalue weighted by molar-refractivity contribution is -0.437. The minimum atomic E-state index is -0.0710. The predicted molar refractivity (Wildman–Crippen MR) is 104 cm³/mol. The number of para-hydroxylation sites is 1. The van der Waals surface area contributed by atoms with E-state index in [0.29, 0.717) is 13.0 Å². The van der Waals surface area contributed by atoms with E-state index in [1.807, 2.05) is 13.0 Å². The van der Waals surface area contributed by atoms with Gasteiger partial charge in [0.25, 0.3) is 0 Å². The molecule has 3 heteroatoms. The summed E-state index contributed by atoms with van der Waals surface area (Å²) in [5, 5.41) is 0. The molecule has 136 valence electrons. The second kappa shape index (κ2) is 8.98. The zero-order valence-electron chi connectivity index (χ0n) is 16.0. The summed E-state index contributed by atoms with van der Waals surface area (Å²) in [5.74, 6) is -0.0710. The summed E-state index contributed by atoms with van der Waals surface area (Å²) in [4.78, 5) is 11.4. The van der Waals surface area contributed by atoms with E-state index < -0.39 is 0 Å². The molecule has 0 saturated heterocycles. The fraction of sp³-hybridized carbons (Fsp3) is 0.545. The molecule has 0 saturated carbocycles. The Balaban J connectivity index is 2.01. The Morgan fingerprint density at radius 3 is 2.76 bits per heavy atom. The van der Waals surface area contributed by atoms with Crippen LogP contribution in [-0.2, 0) is 14.9 Å². The Hall–Kier alpha value is -1.90. The zero-order valence-corrected chi connectivity index (χ0v) is 16.0. The van der Waals surface area contributed by atoms with Crippen LogP contribution < -0.4 is 0 Å². The van der Waals surface area contributed by atoms with Gasteiger partial charge in [0, 0.05) is 31.4 Å². The number of hydrogen-bond acceptors (Lipinski definition) is 2. The van der Waals surface area contributed by atoms with Crippen molar-refractivity contribution < 1.29 is 14.1 Å². The standard InChI is InChI=1S/C22H32NO2/c1-5-7-17-23-18(3)22(4,19-13-10-11-14-20(19)23)16-12-8-9-15-21(24)25-6-2/h5,10-11,13-14H,1,6-9,12,15-17H2,2-4H3/q+1. The quantitative estimate of drug-likeness (QED) is 0.255. The number of hydrogen-bond donors (Lipinski definition) is 0. The Morgan fingerprint density at radius 2 is 2.04 bits per heavy atom. The summed E-state index contributed by atoms with van der Waals surface area (Å²) in [7, 11) is 0. The average Bonchev–Trinajstić information content (AvgIpc) is 2.82. The van der Waals surface area contributed by atoms with Crippen LogP contribution in [0.5, 0.6) is 0 Å². The second-order valence-corrected chi connectivity index (χ2v) is 7.03. The molecule has 25 heavy (non-hydrogen) atoms. The maximum Gasteiger partial charge on any atom is 0.305 e. The topological polar surface area (TPSA) is 29.3 Å². The van der Waals surface area contributed by atoms with E-state index in [4.69, 9.17) is 4.74 Å². The highest BCUT2D eigenvalue weighted by Gasteiger charge is 2.45. The SMILES string of the molecule is C=CCC[N+]1=C(C)C(C)(CCCCCC(=O)OCC)c2ccccc21. The van der Waals surface area contributed by atoms with E-state index in [0.717, 1.165) is 38.6 Å². The summed E-state index contributed by atoms with van der Waals surface area (Å²) in [6, 6.07) is 8.76. The van der Waals surface area contributed by atoms with Crippen LogP contribution in [0, 0.1) is 0 Å². The van der Waals surface area contributed by atoms with Crippen molar-refractivity contribution >= 4 is 17.4 Å². The molecule has 1 heterocycles. The summed E-state index contributed by atoms with van der Waals surface area (Å²) >= 11 is 0. The first-order valence-electron chi connectivity index (χ1n) is 9.52. The minimum absolute atomic E-state index is 0.0710. The van der Waals surface area contributed by atoms with Crippen LogP contribution in [-0.4, -0.2) is 29.4 Å². The van der Waals surface area contributed by atoms with Gasteiger partial charge in [-0.3, -0.25) is 4.79 Å². The van der Waals surface area contributed by atoms with Crippen LogP contribution in [0.15, 0.2) is 36.9 Å². The van der Waals surface area contributed by atoms with E-state index in [1.54, 1.807) is 0 Å². The number of unbranched alkanes of at least 4 members (excludes halogenated alkanes) is 2. The highest BCUT2D eigenvalue weighted by molar-refractivity contribution is 5.93. The molecular formula is C22H32NO2+. The minimum Gasteiger partial charge on any atom is -0.466 e. The van der Waals surface area contributed by atoms with Crippen molar-refractivity contribution in [1.82, 2.24) is 0 Å². The average molecular weight is 343 g/mol. The van der Waals surface area contributed by atoms with Gasteiger partial charge in [0.1, 0.15) is 0 Å². The van der Waals surface area contributed by atoms with Crippen LogP contribution in [0.1, 0.15) is 64.9 Å². The number of carbonyl (C=O) groups excluding carboxylic acids is 1. The second-order valence-electron chi connectivity index (χ2n) is 7.03. The van der Waals surface area contributed by atoms with Gasteiger partial charge in [-0.05, 0) is 26.7 Å². The van der Waals surface area contributed by atoms with E-state index in [2.05, 4.69) is 49.3 Å². The first-order chi connectivity index (χ1) is 12.0. The lowest BCUT2D eigenvalue weighted by Gasteiger charge is -2.22. The molecule has 0 aliphatic carbocycles. The molecule has 1 atom stereocenters. The third kappa shape index (κ3) is 4.39. The largest absolute Gasteiger partial charge is 0.466 e. The van der Waals surface area contributed by atoms with Crippen LogP contribution in [0.2, 0.25) is 0 Å². The van der Waals surface area contributed by atoms with Gasteiger partial charge in [-0.25, -0.2) is 0 Å². The molecule has 1 aliphatic rings. The number of nitrogens with zero attached hydrogens (tertiary/aromatic N) is 1. The number of ether oxygens (including phenoxy) is 1. The molecule has 1 unspecified atom stereocenters. The van der Waals surface area contributed by atoms with Gasteiger partial charge in [-0.2, -0.15) is 4.58 Å². The van der Waals surface area contributed by atoms with Crippen molar-refractivity contribution in [2.24, 2.45) is 0 Å². The smallest absolute Gasteiger partial charge is 0.305 e. The van der Waals surface area contributed by atoms with Crippen molar-refractivity contribution in [1.29, 1.82) is 0 Å². The van der Waals surface area contributed by atoms with Gasteiger partial charge in [0.15, 0.2) is 12.3 Å². The fourth-order valence-electron chi connectivity index (χ4n) is 3.83. The molecule has 0 amide bonds. The number of esters is 1. The summed E-state index contributed by atoms with van der Waals surface area (Å²) in [6.45, 7) is 11.8. The van der Waals surface area contributed by atoms with Crippen LogP contribution >= 0.6 is 0 Å². The molecular weight excluding hydrogens is 310 g/mol. The molecule has 0 fully saturated rings. The first-order valence-corrected chi connectivity index (χ1v) is 9.52. The molecule has 0 radical (unpaired) electrons. The van der Waals surface area contributed by atoms with Gasteiger partial charge in [-0.15, -0.1) is 6.58 Å². The highest BCUT2D eigenvalue weighted by Crippen LogP contribution is 2.42. The van der Waals surface area contributed by atoms with E-state index >= 15 is 0 Å². The van der Waals surface area contributed by atoms with Crippen LogP contribution in [0.4, 0.5) is 5.69 Å². The van der Waals surface area contributed by atoms with Gasteiger partial charge in [-0.1, -0.05) is 37.1 Å². The molecule has 1 aromatic carbocycles. The van der Waals surface area contributed by atoms with Crippen molar-refractivity contribution in [3.63, 3.8) is 0 Å². The van der Waals surface area contributed by atoms with Gasteiger partial charge >= 0.3 is 5.97 Å². The maximum absolute atomic E-state index is 11.4. The lowest BCUT2D eigenvalue weighted by atomic mass is 9.76. The number of fused-ring (bicyclic) bond motifs is 1. The molecule has 1 aliphatic heterocycles. The fourth-order valence-corrected chi connectivity index (χ4v) is 3.83. The summed E-state index contributed by atoms with van der Waals surface area (Å²) in [6.07, 6.45) is 7.73. The zero-order chi connectivity index (χ0) is 18.3. The highest BCUT2D eigenvalue weighted by atomic mass is 16.5. The molecule has 2 rings (SSSR count). The van der Waals surface area contributed by atoms with E-state index in [9.17, 15) is 4.79 Å². The Morgan fingerprint density at radius 1 is 1.28 bits per heavy atom. The van der Waals surface area contributed by atoms with Gasteiger partial charge < -0.3 is 4.74 Å². The van der Waals surface area contributed by atoms with Crippen LogP contribution in [0.3, 0.4) is 0 Å². The van der Waals surface area contributed by atoms with E-state index in [1.165, 1.54) is 17.0 Å².